The van der Waals surface area contributed by atoms with Gasteiger partial charge in [0.25, 0.3) is 0 Å². The predicted molar refractivity (Wildman–Crippen MR) is 68.9 cm³/mol. The van der Waals surface area contributed by atoms with Gasteiger partial charge >= 0.3 is 0 Å². The molecule has 6 nitrogen and oxygen atoms in total. The van der Waals surface area contributed by atoms with Crippen LogP contribution in [-0.2, 0) is 17.9 Å². The molecule has 6 heteroatoms. The lowest BCUT2D eigenvalue weighted by molar-refractivity contribution is -0.128. The highest BCUT2D eigenvalue weighted by Gasteiger charge is 2.25. The molecular formula is C12H22N4O2. The number of hydrogen-bond donors (Lipinski definition) is 3. The van der Waals surface area contributed by atoms with Gasteiger partial charge in [-0.2, -0.15) is 5.10 Å². The maximum Gasteiger partial charge on any atom is 0.226 e. The van der Waals surface area contributed by atoms with E-state index in [2.05, 4.69) is 15.7 Å². The van der Waals surface area contributed by atoms with Crippen molar-refractivity contribution in [2.45, 2.75) is 26.9 Å². The van der Waals surface area contributed by atoms with Crippen LogP contribution in [0.2, 0.25) is 0 Å². The quantitative estimate of drug-likeness (QED) is 0.626. The summed E-state index contributed by atoms with van der Waals surface area (Å²) < 4.78 is 1.70. The third kappa shape index (κ3) is 4.12. The number of aliphatic hydroxyl groups is 1. The summed E-state index contributed by atoms with van der Waals surface area (Å²) in [6.45, 7) is 5.63. The summed E-state index contributed by atoms with van der Waals surface area (Å²) in [6, 6.07) is 0. The van der Waals surface area contributed by atoms with Crippen LogP contribution in [0.5, 0.6) is 0 Å². The number of carbonyl (C=O) groups excluding carboxylic acids is 1. The van der Waals surface area contributed by atoms with Crippen LogP contribution in [0.15, 0.2) is 12.4 Å². The number of aliphatic hydroxyl groups excluding tert-OH is 1. The molecule has 0 atom stereocenters. The molecular weight excluding hydrogens is 232 g/mol. The zero-order valence-electron chi connectivity index (χ0n) is 11.2. The summed E-state index contributed by atoms with van der Waals surface area (Å²) in [5.41, 5.74) is 0.603. The molecule has 0 radical (unpaired) electrons. The minimum Gasteiger partial charge on any atom is -0.394 e. The van der Waals surface area contributed by atoms with Crippen molar-refractivity contribution in [3.63, 3.8) is 0 Å². The Balaban J connectivity index is 2.38. The molecule has 102 valence electrons. The third-order valence-electron chi connectivity index (χ3n) is 2.75. The first-order valence-corrected chi connectivity index (χ1v) is 6.04. The Morgan fingerprint density at radius 1 is 1.56 bits per heavy atom. The second kappa shape index (κ2) is 6.51. The number of aromatic nitrogens is 2. The van der Waals surface area contributed by atoms with E-state index in [0.717, 1.165) is 5.56 Å². The number of amides is 1. The molecule has 1 aromatic rings. The Kier molecular flexibility index (Phi) is 5.30. The Labute approximate surface area is 107 Å². The first-order valence-electron chi connectivity index (χ1n) is 6.04. The van der Waals surface area contributed by atoms with E-state index in [0.29, 0.717) is 19.6 Å². The summed E-state index contributed by atoms with van der Waals surface area (Å²) >= 11 is 0. The van der Waals surface area contributed by atoms with Gasteiger partial charge in [-0.25, -0.2) is 0 Å². The minimum atomic E-state index is -0.435. The minimum absolute atomic E-state index is 0.0194. The predicted octanol–water partition coefficient (Wildman–Crippen LogP) is -0.263. The molecule has 18 heavy (non-hydrogen) atoms. The summed E-state index contributed by atoms with van der Waals surface area (Å²) in [4.78, 5) is 11.6. The lowest BCUT2D eigenvalue weighted by atomic mass is 9.92. The van der Waals surface area contributed by atoms with Crippen LogP contribution in [0.25, 0.3) is 0 Å². The van der Waals surface area contributed by atoms with E-state index in [1.165, 1.54) is 0 Å². The molecule has 0 aromatic carbocycles. The van der Waals surface area contributed by atoms with Gasteiger partial charge in [-0.1, -0.05) is 0 Å². The largest absolute Gasteiger partial charge is 0.394 e. The molecule has 1 amide bonds. The van der Waals surface area contributed by atoms with Crippen LogP contribution in [-0.4, -0.2) is 41.0 Å². The van der Waals surface area contributed by atoms with Crippen molar-refractivity contribution in [2.24, 2.45) is 5.41 Å². The second-order valence-electron chi connectivity index (χ2n) is 4.90. The van der Waals surface area contributed by atoms with E-state index in [9.17, 15) is 4.79 Å². The van der Waals surface area contributed by atoms with E-state index in [-0.39, 0.29) is 12.5 Å². The molecule has 0 unspecified atom stereocenters. The van der Waals surface area contributed by atoms with Gasteiger partial charge in [0.2, 0.25) is 5.91 Å². The average Bonchev–Trinajstić information content (AvgIpc) is 2.76. The zero-order chi connectivity index (χ0) is 13.6. The van der Waals surface area contributed by atoms with Crippen molar-refractivity contribution in [2.75, 3.05) is 20.2 Å². The van der Waals surface area contributed by atoms with Gasteiger partial charge in [0.05, 0.1) is 24.8 Å². The first kappa shape index (κ1) is 14.7. The maximum atomic E-state index is 11.6. The molecule has 1 heterocycles. The molecule has 0 fully saturated rings. The topological polar surface area (TPSA) is 79.2 Å². The van der Waals surface area contributed by atoms with Crippen LogP contribution in [0.1, 0.15) is 19.4 Å². The standard InChI is InChI=1S/C12H22N4O2/c1-12(2,11(18)13-3)9-14-6-10-7-15-16(8-10)4-5-17/h7-8,14,17H,4-6,9H2,1-3H3,(H,13,18). The fourth-order valence-electron chi connectivity index (χ4n) is 1.66. The summed E-state index contributed by atoms with van der Waals surface area (Å²) in [6.07, 6.45) is 3.64. The number of carbonyl (C=O) groups is 1. The normalized spacial score (nSPS) is 11.6. The Morgan fingerprint density at radius 3 is 2.89 bits per heavy atom. The number of nitrogens with zero attached hydrogens (tertiary/aromatic N) is 2. The van der Waals surface area contributed by atoms with Crippen LogP contribution in [0.3, 0.4) is 0 Å². The molecule has 0 aliphatic rings. The molecule has 1 aromatic heterocycles. The van der Waals surface area contributed by atoms with Crippen molar-refractivity contribution >= 4 is 5.91 Å². The summed E-state index contributed by atoms with van der Waals surface area (Å²) in [7, 11) is 1.64. The third-order valence-corrected chi connectivity index (χ3v) is 2.75. The molecule has 1 rings (SSSR count). The first-order chi connectivity index (χ1) is 8.49. The smallest absolute Gasteiger partial charge is 0.226 e. The van der Waals surface area contributed by atoms with Crippen molar-refractivity contribution in [3.05, 3.63) is 18.0 Å². The van der Waals surface area contributed by atoms with E-state index < -0.39 is 5.41 Å². The van der Waals surface area contributed by atoms with Crippen LogP contribution >= 0.6 is 0 Å². The fourth-order valence-corrected chi connectivity index (χ4v) is 1.66. The van der Waals surface area contributed by atoms with Gasteiger partial charge in [0.1, 0.15) is 0 Å². The van der Waals surface area contributed by atoms with E-state index in [4.69, 9.17) is 5.11 Å². The monoisotopic (exact) mass is 254 g/mol. The molecule has 0 saturated heterocycles. The van der Waals surface area contributed by atoms with Crippen molar-refractivity contribution in [1.82, 2.24) is 20.4 Å². The summed E-state index contributed by atoms with van der Waals surface area (Å²) in [5.74, 6) is 0.0194. The SMILES string of the molecule is CNC(=O)C(C)(C)CNCc1cnn(CCO)c1. The molecule has 0 bridgehead atoms. The molecule has 0 saturated carbocycles. The van der Waals surface area contributed by atoms with E-state index in [1.54, 1.807) is 17.9 Å². The van der Waals surface area contributed by atoms with Crippen molar-refractivity contribution in [3.8, 4) is 0 Å². The number of rotatable bonds is 7. The number of nitrogens with one attached hydrogen (secondary N) is 2. The van der Waals surface area contributed by atoms with Crippen LogP contribution < -0.4 is 10.6 Å². The van der Waals surface area contributed by atoms with Gasteiger partial charge in [0.15, 0.2) is 0 Å². The van der Waals surface area contributed by atoms with Gasteiger partial charge in [0, 0.05) is 31.9 Å². The van der Waals surface area contributed by atoms with E-state index in [1.807, 2.05) is 20.0 Å². The van der Waals surface area contributed by atoms with Crippen LogP contribution in [0.4, 0.5) is 0 Å². The Hall–Kier alpha value is -1.40. The molecule has 0 aliphatic heterocycles. The lowest BCUT2D eigenvalue weighted by Gasteiger charge is -2.22. The molecule has 3 N–H and O–H groups in total. The van der Waals surface area contributed by atoms with Gasteiger partial charge in [-0.05, 0) is 13.8 Å². The maximum absolute atomic E-state index is 11.6. The fraction of sp³-hybridized carbons (Fsp3) is 0.667. The highest BCUT2D eigenvalue weighted by atomic mass is 16.3. The van der Waals surface area contributed by atoms with Gasteiger partial charge in [-0.15, -0.1) is 0 Å². The zero-order valence-corrected chi connectivity index (χ0v) is 11.2. The van der Waals surface area contributed by atoms with Crippen LogP contribution in [0, 0.1) is 5.41 Å². The van der Waals surface area contributed by atoms with Crippen molar-refractivity contribution < 1.29 is 9.90 Å². The summed E-state index contributed by atoms with van der Waals surface area (Å²) in [5, 5.41) is 18.8. The van der Waals surface area contributed by atoms with Gasteiger partial charge in [-0.3, -0.25) is 9.48 Å². The Morgan fingerprint density at radius 2 is 2.28 bits per heavy atom. The van der Waals surface area contributed by atoms with Crippen molar-refractivity contribution in [1.29, 1.82) is 0 Å². The Bertz CT molecular complexity index is 387. The number of hydrogen-bond acceptors (Lipinski definition) is 4. The van der Waals surface area contributed by atoms with Gasteiger partial charge < -0.3 is 15.7 Å². The molecule has 0 spiro atoms. The average molecular weight is 254 g/mol. The highest BCUT2D eigenvalue weighted by Crippen LogP contribution is 2.13. The van der Waals surface area contributed by atoms with E-state index >= 15 is 0 Å². The second-order valence-corrected chi connectivity index (χ2v) is 4.90. The molecule has 0 aliphatic carbocycles. The highest BCUT2D eigenvalue weighted by molar-refractivity contribution is 5.81. The lowest BCUT2D eigenvalue weighted by Crippen LogP contribution is -2.41.